The van der Waals surface area contributed by atoms with Gasteiger partial charge in [0, 0.05) is 44.3 Å². The number of likely N-dealkylation sites (tertiary alicyclic amines) is 1. The Morgan fingerprint density at radius 1 is 1.23 bits per heavy atom. The number of hydrogen-bond donors (Lipinski definition) is 1. The lowest BCUT2D eigenvalue weighted by atomic mass is 10.0. The first-order valence-electron chi connectivity index (χ1n) is 12.2. The third-order valence-corrected chi connectivity index (χ3v) is 7.43. The molecule has 1 saturated heterocycles. The van der Waals surface area contributed by atoms with Gasteiger partial charge in [0.1, 0.15) is 5.84 Å². The minimum absolute atomic E-state index is 0.00354. The maximum atomic E-state index is 13.8. The van der Waals surface area contributed by atoms with Gasteiger partial charge < -0.3 is 14.9 Å². The van der Waals surface area contributed by atoms with Crippen LogP contribution in [0.25, 0.3) is 17.0 Å². The normalized spacial score (nSPS) is 20.8. The molecule has 39 heavy (non-hydrogen) atoms. The van der Waals surface area contributed by atoms with Crippen LogP contribution in [0.3, 0.4) is 0 Å². The Morgan fingerprint density at radius 3 is 2.67 bits per heavy atom. The van der Waals surface area contributed by atoms with E-state index in [1.54, 1.807) is 19.2 Å². The Bertz CT molecular complexity index is 1540. The first-order chi connectivity index (χ1) is 18.3. The number of carbonyl (C=O) groups excluding carboxylic acids is 2. The van der Waals surface area contributed by atoms with E-state index in [4.69, 9.17) is 0 Å². The van der Waals surface area contributed by atoms with Gasteiger partial charge >= 0.3 is 11.4 Å². The van der Waals surface area contributed by atoms with E-state index < -0.39 is 23.2 Å². The number of nitrogens with zero attached hydrogens (tertiary/aromatic N) is 5. The SMILES string of the molecule is CN(C)C(=O)c1ccc(Cn2cc3cc(/C=C4\SC(=O)N=C4N4CCC(C)(O)C4)ccc3n2)c(C(F)(F)F)c1. The van der Waals surface area contributed by atoms with Gasteiger partial charge in [-0.25, -0.2) is 0 Å². The molecular weight excluding hydrogens is 531 g/mol. The molecule has 3 aromatic rings. The van der Waals surface area contributed by atoms with Gasteiger partial charge in [-0.05, 0) is 66.6 Å². The topological polar surface area (TPSA) is 91.0 Å². The molecule has 1 aromatic heterocycles. The van der Waals surface area contributed by atoms with Crippen LogP contribution in [-0.2, 0) is 12.7 Å². The number of rotatable bonds is 4. The highest BCUT2D eigenvalue weighted by molar-refractivity contribution is 8.18. The van der Waals surface area contributed by atoms with Crippen LogP contribution in [0.15, 0.2) is 52.5 Å². The molecule has 8 nitrogen and oxygen atoms in total. The summed E-state index contributed by atoms with van der Waals surface area (Å²) in [6.07, 6.45) is -0.563. The van der Waals surface area contributed by atoms with Crippen molar-refractivity contribution < 1.29 is 27.9 Å². The fourth-order valence-corrected chi connectivity index (χ4v) is 5.49. The minimum atomic E-state index is -4.64. The van der Waals surface area contributed by atoms with Crippen LogP contribution >= 0.6 is 11.8 Å². The second-order valence-corrected chi connectivity index (χ2v) is 11.2. The third kappa shape index (κ3) is 5.71. The predicted octanol–water partition coefficient (Wildman–Crippen LogP) is 4.87. The second-order valence-electron chi connectivity index (χ2n) is 10.2. The number of aromatic nitrogens is 2. The molecule has 12 heteroatoms. The molecule has 1 N–H and O–H groups in total. The molecule has 1 unspecified atom stereocenters. The molecule has 5 rings (SSSR count). The molecule has 1 atom stereocenters. The Labute approximate surface area is 226 Å². The van der Waals surface area contributed by atoms with Crippen molar-refractivity contribution in [1.82, 2.24) is 19.6 Å². The molecular formula is C27H26F3N5O3S. The lowest BCUT2D eigenvalue weighted by Crippen LogP contribution is -2.33. The average molecular weight is 558 g/mol. The molecule has 0 spiro atoms. The first-order valence-corrected chi connectivity index (χ1v) is 13.0. The second kappa shape index (κ2) is 9.83. The summed E-state index contributed by atoms with van der Waals surface area (Å²) in [4.78, 5) is 32.2. The molecule has 0 aliphatic carbocycles. The van der Waals surface area contributed by atoms with Crippen molar-refractivity contribution in [3.63, 3.8) is 0 Å². The summed E-state index contributed by atoms with van der Waals surface area (Å²) in [5.74, 6) is 0.0263. The molecule has 0 saturated carbocycles. The lowest BCUT2D eigenvalue weighted by molar-refractivity contribution is -0.138. The van der Waals surface area contributed by atoms with Gasteiger partial charge in [-0.1, -0.05) is 12.1 Å². The Morgan fingerprint density at radius 2 is 2.00 bits per heavy atom. The third-order valence-electron chi connectivity index (χ3n) is 6.64. The van der Waals surface area contributed by atoms with E-state index in [-0.39, 0.29) is 22.9 Å². The average Bonchev–Trinajstić information content (AvgIpc) is 3.53. The number of alkyl halides is 3. The fraction of sp³-hybridized carbons (Fsp3) is 0.333. The molecule has 0 bridgehead atoms. The predicted molar refractivity (Wildman–Crippen MR) is 144 cm³/mol. The summed E-state index contributed by atoms with van der Waals surface area (Å²) >= 11 is 1.02. The summed E-state index contributed by atoms with van der Waals surface area (Å²) in [5, 5.41) is 15.1. The number of carbonyl (C=O) groups is 2. The summed E-state index contributed by atoms with van der Waals surface area (Å²) in [6, 6.07) is 9.00. The number of hydrogen-bond acceptors (Lipinski definition) is 6. The van der Waals surface area contributed by atoms with Crippen LogP contribution in [0.2, 0.25) is 0 Å². The summed E-state index contributed by atoms with van der Waals surface area (Å²) < 4.78 is 43.0. The van der Waals surface area contributed by atoms with Crippen LogP contribution in [0.5, 0.6) is 0 Å². The van der Waals surface area contributed by atoms with E-state index in [9.17, 15) is 27.9 Å². The maximum absolute atomic E-state index is 13.8. The largest absolute Gasteiger partial charge is 0.416 e. The molecule has 2 aliphatic heterocycles. The lowest BCUT2D eigenvalue weighted by Gasteiger charge is -2.20. The number of β-amino-alcohol motifs (C(OH)–C–C–N with tert-alkyl or cyclic N) is 1. The Kier molecular flexibility index (Phi) is 6.79. The number of aliphatic imine (C=N–C) groups is 1. The zero-order chi connectivity index (χ0) is 28.1. The molecule has 0 radical (unpaired) electrons. The van der Waals surface area contributed by atoms with Crippen LogP contribution in [0, 0.1) is 0 Å². The summed E-state index contributed by atoms with van der Waals surface area (Å²) in [5.41, 5.74) is -0.383. The number of fused-ring (bicyclic) bond motifs is 1. The molecule has 2 aliphatic rings. The number of amidine groups is 1. The van der Waals surface area contributed by atoms with Gasteiger partial charge in [0.25, 0.3) is 5.91 Å². The van der Waals surface area contributed by atoms with Crippen LogP contribution < -0.4 is 0 Å². The summed E-state index contributed by atoms with van der Waals surface area (Å²) in [7, 11) is 2.97. The summed E-state index contributed by atoms with van der Waals surface area (Å²) in [6.45, 7) is 2.59. The van der Waals surface area contributed by atoms with Crippen molar-refractivity contribution in [2.24, 2.45) is 4.99 Å². The molecule has 2 amide bonds. The van der Waals surface area contributed by atoms with E-state index in [1.807, 2.05) is 23.1 Å². The van der Waals surface area contributed by atoms with Gasteiger partial charge in [0.15, 0.2) is 0 Å². The number of thioether (sulfide) groups is 1. The number of amides is 2. The minimum Gasteiger partial charge on any atom is -0.388 e. The molecule has 204 valence electrons. The van der Waals surface area contributed by atoms with Crippen LogP contribution in [0.1, 0.15) is 40.4 Å². The fourth-order valence-electron chi connectivity index (χ4n) is 4.71. The quantitative estimate of drug-likeness (QED) is 0.493. The number of aliphatic hydroxyl groups is 1. The zero-order valence-electron chi connectivity index (χ0n) is 21.5. The molecule has 2 aromatic carbocycles. The van der Waals surface area contributed by atoms with Crippen LogP contribution in [-0.4, -0.2) is 74.5 Å². The van der Waals surface area contributed by atoms with Crippen LogP contribution in [0.4, 0.5) is 18.0 Å². The van der Waals surface area contributed by atoms with Gasteiger partial charge in [0.2, 0.25) is 0 Å². The van der Waals surface area contributed by atoms with Gasteiger partial charge in [-0.3, -0.25) is 14.3 Å². The molecule has 1 fully saturated rings. The van der Waals surface area contributed by atoms with Crippen molar-refractivity contribution in [2.45, 2.75) is 31.7 Å². The number of halogens is 3. The van der Waals surface area contributed by atoms with E-state index in [2.05, 4.69) is 10.1 Å². The van der Waals surface area contributed by atoms with E-state index in [0.29, 0.717) is 41.2 Å². The monoisotopic (exact) mass is 557 g/mol. The highest BCUT2D eigenvalue weighted by Crippen LogP contribution is 2.35. The van der Waals surface area contributed by atoms with Crippen molar-refractivity contribution in [2.75, 3.05) is 27.2 Å². The standard InChI is InChI=1S/C27H26F3N5O3S/c1-26(38)8-9-34(15-26)23-22(39-25(37)31-23)11-16-4-7-21-19(10-16)14-35(32-21)13-18-6-5-17(24(36)33(2)3)12-20(18)27(28,29)30/h4-7,10-12,14,38H,8-9,13,15H2,1-3H3/b22-11-. The smallest absolute Gasteiger partial charge is 0.388 e. The first kappa shape index (κ1) is 26.9. The van der Waals surface area contributed by atoms with E-state index in [1.165, 1.54) is 35.8 Å². The van der Waals surface area contributed by atoms with Gasteiger partial charge in [-0.15, -0.1) is 0 Å². The van der Waals surface area contributed by atoms with Gasteiger partial charge in [-0.2, -0.15) is 23.3 Å². The maximum Gasteiger partial charge on any atom is 0.416 e. The van der Waals surface area contributed by atoms with E-state index in [0.717, 1.165) is 23.4 Å². The van der Waals surface area contributed by atoms with Crippen molar-refractivity contribution in [3.05, 3.63) is 69.8 Å². The van der Waals surface area contributed by atoms with Crippen molar-refractivity contribution >= 4 is 45.7 Å². The Hall–Kier alpha value is -3.64. The van der Waals surface area contributed by atoms with Crippen molar-refractivity contribution in [1.29, 1.82) is 0 Å². The number of benzene rings is 2. The molecule has 3 heterocycles. The van der Waals surface area contributed by atoms with E-state index >= 15 is 0 Å². The van der Waals surface area contributed by atoms with Crippen molar-refractivity contribution in [3.8, 4) is 0 Å². The highest BCUT2D eigenvalue weighted by Gasteiger charge is 2.37. The highest BCUT2D eigenvalue weighted by atomic mass is 32.2. The zero-order valence-corrected chi connectivity index (χ0v) is 22.3. The van der Waals surface area contributed by atoms with Gasteiger partial charge in [0.05, 0.1) is 28.1 Å². The Balaban J connectivity index is 1.41.